The molecule has 0 spiro atoms. The SMILES string of the molecule is COc1ccc(NC(=O)N2CCN(c3cc(C)ccc3OC)CC2)c(OC)c1. The van der Waals surface area contributed by atoms with Gasteiger partial charge in [0.1, 0.15) is 17.2 Å². The van der Waals surface area contributed by atoms with Gasteiger partial charge in [0, 0.05) is 32.2 Å². The fraction of sp³-hybridized carbons (Fsp3) is 0.381. The van der Waals surface area contributed by atoms with Gasteiger partial charge in [-0.05, 0) is 36.8 Å². The first-order chi connectivity index (χ1) is 13.5. The van der Waals surface area contributed by atoms with Gasteiger partial charge in [-0.2, -0.15) is 0 Å². The maximum absolute atomic E-state index is 12.7. The van der Waals surface area contributed by atoms with Crippen LogP contribution in [0.1, 0.15) is 5.56 Å². The second-order valence-electron chi connectivity index (χ2n) is 6.65. The smallest absolute Gasteiger partial charge is 0.322 e. The fourth-order valence-electron chi connectivity index (χ4n) is 3.29. The second kappa shape index (κ2) is 8.73. The third kappa shape index (κ3) is 4.24. The molecule has 1 N–H and O–H groups in total. The van der Waals surface area contributed by atoms with Gasteiger partial charge < -0.3 is 29.3 Å². The van der Waals surface area contributed by atoms with Crippen LogP contribution in [0.3, 0.4) is 0 Å². The number of nitrogens with one attached hydrogen (secondary N) is 1. The number of nitrogens with zero attached hydrogens (tertiary/aromatic N) is 2. The van der Waals surface area contributed by atoms with Crippen molar-refractivity contribution in [2.45, 2.75) is 6.92 Å². The van der Waals surface area contributed by atoms with Crippen LogP contribution >= 0.6 is 0 Å². The van der Waals surface area contributed by atoms with E-state index in [-0.39, 0.29) is 6.03 Å². The first kappa shape index (κ1) is 19.7. The number of carbonyl (C=O) groups is 1. The monoisotopic (exact) mass is 385 g/mol. The number of hydrogen-bond acceptors (Lipinski definition) is 5. The lowest BCUT2D eigenvalue weighted by Gasteiger charge is -2.36. The highest BCUT2D eigenvalue weighted by atomic mass is 16.5. The lowest BCUT2D eigenvalue weighted by Crippen LogP contribution is -2.50. The molecule has 28 heavy (non-hydrogen) atoms. The molecule has 150 valence electrons. The predicted molar refractivity (Wildman–Crippen MR) is 110 cm³/mol. The lowest BCUT2D eigenvalue weighted by atomic mass is 10.1. The number of aryl methyl sites for hydroxylation is 1. The third-order valence-electron chi connectivity index (χ3n) is 4.89. The Kier molecular flexibility index (Phi) is 6.13. The third-order valence-corrected chi connectivity index (χ3v) is 4.89. The van der Waals surface area contributed by atoms with Gasteiger partial charge in [-0.25, -0.2) is 4.79 Å². The summed E-state index contributed by atoms with van der Waals surface area (Å²) in [4.78, 5) is 16.8. The number of piperazine rings is 1. The van der Waals surface area contributed by atoms with Crippen molar-refractivity contribution in [3.8, 4) is 17.2 Å². The Bertz CT molecular complexity index is 832. The molecule has 1 aliphatic rings. The Morgan fingerprint density at radius 2 is 1.61 bits per heavy atom. The zero-order valence-corrected chi connectivity index (χ0v) is 16.8. The number of hydrogen-bond donors (Lipinski definition) is 1. The Hall–Kier alpha value is -3.09. The number of anilines is 2. The number of urea groups is 1. The van der Waals surface area contributed by atoms with E-state index in [4.69, 9.17) is 14.2 Å². The summed E-state index contributed by atoms with van der Waals surface area (Å²) in [5.74, 6) is 2.10. The van der Waals surface area contributed by atoms with Crippen LogP contribution in [0.5, 0.6) is 17.2 Å². The zero-order chi connectivity index (χ0) is 20.1. The Balaban J connectivity index is 1.64. The highest BCUT2D eigenvalue weighted by molar-refractivity contribution is 5.91. The van der Waals surface area contributed by atoms with Crippen LogP contribution in [0.4, 0.5) is 16.2 Å². The summed E-state index contributed by atoms with van der Waals surface area (Å²) in [6.45, 7) is 4.80. The number of benzene rings is 2. The molecule has 0 bridgehead atoms. The Morgan fingerprint density at radius 3 is 2.25 bits per heavy atom. The van der Waals surface area contributed by atoms with E-state index < -0.39 is 0 Å². The maximum atomic E-state index is 12.7. The number of amides is 2. The summed E-state index contributed by atoms with van der Waals surface area (Å²) in [6.07, 6.45) is 0. The molecule has 1 fully saturated rings. The molecule has 1 heterocycles. The van der Waals surface area contributed by atoms with Crippen molar-refractivity contribution in [3.05, 3.63) is 42.0 Å². The van der Waals surface area contributed by atoms with Crippen molar-refractivity contribution in [2.24, 2.45) is 0 Å². The van der Waals surface area contributed by atoms with Gasteiger partial charge in [-0.1, -0.05) is 6.07 Å². The van der Waals surface area contributed by atoms with E-state index in [9.17, 15) is 4.79 Å². The van der Waals surface area contributed by atoms with Gasteiger partial charge in [-0.3, -0.25) is 0 Å². The molecule has 0 atom stereocenters. The Morgan fingerprint density at radius 1 is 0.893 bits per heavy atom. The van der Waals surface area contributed by atoms with Crippen LogP contribution in [-0.2, 0) is 0 Å². The topological polar surface area (TPSA) is 63.3 Å². The molecule has 2 aromatic rings. The average molecular weight is 385 g/mol. The van der Waals surface area contributed by atoms with Gasteiger partial charge in [-0.15, -0.1) is 0 Å². The lowest BCUT2D eigenvalue weighted by molar-refractivity contribution is 0.208. The van der Waals surface area contributed by atoms with Gasteiger partial charge >= 0.3 is 6.03 Å². The number of rotatable bonds is 5. The Labute approximate surface area is 165 Å². The molecule has 0 saturated carbocycles. The first-order valence-electron chi connectivity index (χ1n) is 9.23. The predicted octanol–water partition coefficient (Wildman–Crippen LogP) is 3.37. The van der Waals surface area contributed by atoms with Crippen molar-refractivity contribution in [1.82, 2.24) is 4.90 Å². The summed E-state index contributed by atoms with van der Waals surface area (Å²) in [5.41, 5.74) is 2.87. The van der Waals surface area contributed by atoms with Crippen LogP contribution in [0.2, 0.25) is 0 Å². The molecule has 0 unspecified atom stereocenters. The summed E-state index contributed by atoms with van der Waals surface area (Å²) in [6, 6.07) is 11.3. The van der Waals surface area contributed by atoms with Crippen LogP contribution in [0.15, 0.2) is 36.4 Å². The first-order valence-corrected chi connectivity index (χ1v) is 9.23. The molecule has 0 aliphatic carbocycles. The van der Waals surface area contributed by atoms with E-state index in [1.54, 1.807) is 39.5 Å². The number of ether oxygens (including phenoxy) is 3. The van der Waals surface area contributed by atoms with Gasteiger partial charge in [0.15, 0.2) is 0 Å². The van der Waals surface area contributed by atoms with Crippen LogP contribution in [0, 0.1) is 6.92 Å². The normalized spacial score (nSPS) is 13.9. The molecule has 0 aromatic heterocycles. The van der Waals surface area contributed by atoms with E-state index in [0.717, 1.165) is 24.5 Å². The molecule has 7 heteroatoms. The molecule has 2 amide bonds. The number of carbonyl (C=O) groups excluding carboxylic acids is 1. The number of methoxy groups -OCH3 is 3. The summed E-state index contributed by atoms with van der Waals surface area (Å²) < 4.78 is 16.0. The molecular weight excluding hydrogens is 358 g/mol. The van der Waals surface area contributed by atoms with Crippen molar-refractivity contribution in [2.75, 3.05) is 57.7 Å². The van der Waals surface area contributed by atoms with Crippen LogP contribution in [0.25, 0.3) is 0 Å². The van der Waals surface area contributed by atoms with E-state index in [2.05, 4.69) is 23.2 Å². The summed E-state index contributed by atoms with van der Waals surface area (Å²) in [5, 5.41) is 2.93. The van der Waals surface area contributed by atoms with Crippen LogP contribution in [-0.4, -0.2) is 58.4 Å². The minimum absolute atomic E-state index is 0.140. The minimum atomic E-state index is -0.140. The zero-order valence-electron chi connectivity index (χ0n) is 16.8. The van der Waals surface area contributed by atoms with E-state index in [1.807, 2.05) is 17.0 Å². The highest BCUT2D eigenvalue weighted by Crippen LogP contribution is 2.31. The van der Waals surface area contributed by atoms with Gasteiger partial charge in [0.25, 0.3) is 0 Å². The largest absolute Gasteiger partial charge is 0.497 e. The molecule has 7 nitrogen and oxygen atoms in total. The van der Waals surface area contributed by atoms with Crippen molar-refractivity contribution < 1.29 is 19.0 Å². The van der Waals surface area contributed by atoms with Crippen LogP contribution < -0.4 is 24.4 Å². The summed E-state index contributed by atoms with van der Waals surface area (Å²) >= 11 is 0. The fourth-order valence-corrected chi connectivity index (χ4v) is 3.29. The molecule has 0 radical (unpaired) electrons. The minimum Gasteiger partial charge on any atom is -0.497 e. The molecular formula is C21H27N3O4. The van der Waals surface area contributed by atoms with Crippen molar-refractivity contribution >= 4 is 17.4 Å². The summed E-state index contributed by atoms with van der Waals surface area (Å²) in [7, 11) is 4.84. The van der Waals surface area contributed by atoms with Crippen molar-refractivity contribution in [3.63, 3.8) is 0 Å². The average Bonchev–Trinajstić information content (AvgIpc) is 2.74. The maximum Gasteiger partial charge on any atom is 0.322 e. The quantitative estimate of drug-likeness (QED) is 0.855. The standard InChI is InChI=1S/C21H27N3O4/c1-15-5-8-19(27-3)18(13-15)23-9-11-24(12-10-23)21(25)22-17-7-6-16(26-2)14-20(17)28-4/h5-8,13-14H,9-12H2,1-4H3,(H,22,25). The van der Waals surface area contributed by atoms with E-state index in [0.29, 0.717) is 30.3 Å². The van der Waals surface area contributed by atoms with Crippen molar-refractivity contribution in [1.29, 1.82) is 0 Å². The molecule has 2 aromatic carbocycles. The van der Waals surface area contributed by atoms with Gasteiger partial charge in [0.05, 0.1) is 32.7 Å². The second-order valence-corrected chi connectivity index (χ2v) is 6.65. The molecule has 1 aliphatic heterocycles. The van der Waals surface area contributed by atoms with E-state index >= 15 is 0 Å². The highest BCUT2D eigenvalue weighted by Gasteiger charge is 2.23. The van der Waals surface area contributed by atoms with Gasteiger partial charge in [0.2, 0.25) is 0 Å². The molecule has 3 rings (SSSR count). The van der Waals surface area contributed by atoms with E-state index in [1.165, 1.54) is 5.56 Å². The molecule has 1 saturated heterocycles.